The van der Waals surface area contributed by atoms with E-state index in [1.807, 2.05) is 0 Å². The van der Waals surface area contributed by atoms with Crippen LogP contribution >= 0.6 is 15.9 Å². The molecule has 1 aromatic rings. The van der Waals surface area contributed by atoms with Crippen LogP contribution in [0.25, 0.3) is 0 Å². The van der Waals surface area contributed by atoms with Gasteiger partial charge in [0, 0.05) is 16.1 Å². The molecule has 0 aromatic heterocycles. The number of halogens is 1. The van der Waals surface area contributed by atoms with Gasteiger partial charge in [-0.15, -0.1) is 0 Å². The second-order valence-electron chi connectivity index (χ2n) is 6.49. The zero-order valence-corrected chi connectivity index (χ0v) is 13.7. The molecule has 0 amide bonds. The van der Waals surface area contributed by atoms with Gasteiger partial charge in [-0.3, -0.25) is 0 Å². The van der Waals surface area contributed by atoms with Crippen LogP contribution in [0.5, 0.6) is 5.75 Å². The number of rotatable bonds is 3. The number of ether oxygens (including phenoxy) is 1. The Hall–Kier alpha value is -0.540. The van der Waals surface area contributed by atoms with Gasteiger partial charge in [-0.1, -0.05) is 42.8 Å². The van der Waals surface area contributed by atoms with Crippen LogP contribution in [0.2, 0.25) is 0 Å². The molecule has 3 heteroatoms. The normalized spacial score (nSPS) is 19.5. The largest absolute Gasteiger partial charge is 0.493 e. The first-order valence-corrected chi connectivity index (χ1v) is 7.91. The van der Waals surface area contributed by atoms with Crippen LogP contribution in [-0.4, -0.2) is 13.2 Å². The summed E-state index contributed by atoms with van der Waals surface area (Å²) in [4.78, 5) is 0. The van der Waals surface area contributed by atoms with Crippen molar-refractivity contribution in [1.29, 1.82) is 0 Å². The summed E-state index contributed by atoms with van der Waals surface area (Å²) < 4.78 is 6.92. The van der Waals surface area contributed by atoms with Gasteiger partial charge in [0.1, 0.15) is 5.75 Å². The molecule has 19 heavy (non-hydrogen) atoms. The van der Waals surface area contributed by atoms with Crippen LogP contribution in [0.3, 0.4) is 0 Å². The molecular formula is C16H24BrNO. The molecule has 2 rings (SSSR count). The lowest BCUT2D eigenvalue weighted by Gasteiger charge is -2.22. The predicted molar refractivity (Wildman–Crippen MR) is 83.7 cm³/mol. The van der Waals surface area contributed by atoms with Gasteiger partial charge in [0.2, 0.25) is 0 Å². The lowest BCUT2D eigenvalue weighted by molar-refractivity contribution is 0.313. The van der Waals surface area contributed by atoms with E-state index in [9.17, 15) is 0 Å². The van der Waals surface area contributed by atoms with Crippen molar-refractivity contribution in [3.05, 3.63) is 28.2 Å². The van der Waals surface area contributed by atoms with Gasteiger partial charge in [-0.2, -0.15) is 0 Å². The van der Waals surface area contributed by atoms with Gasteiger partial charge < -0.3 is 10.1 Å². The molecule has 1 N–H and O–H groups in total. The number of hydrogen-bond acceptors (Lipinski definition) is 2. The Morgan fingerprint density at radius 3 is 2.89 bits per heavy atom. The van der Waals surface area contributed by atoms with E-state index in [4.69, 9.17) is 4.74 Å². The summed E-state index contributed by atoms with van der Waals surface area (Å²) in [6.45, 7) is 8.74. The molecule has 106 valence electrons. The van der Waals surface area contributed by atoms with Crippen LogP contribution in [0.1, 0.15) is 51.6 Å². The van der Waals surface area contributed by atoms with E-state index in [0.717, 1.165) is 36.2 Å². The van der Waals surface area contributed by atoms with Crippen molar-refractivity contribution in [2.75, 3.05) is 13.2 Å². The zero-order chi connectivity index (χ0) is 13.9. The second-order valence-corrected chi connectivity index (χ2v) is 7.41. The maximum Gasteiger partial charge on any atom is 0.125 e. The van der Waals surface area contributed by atoms with Crippen molar-refractivity contribution in [1.82, 2.24) is 5.32 Å². The summed E-state index contributed by atoms with van der Waals surface area (Å²) >= 11 is 3.51. The maximum atomic E-state index is 5.84. The molecule has 0 aliphatic carbocycles. The highest BCUT2D eigenvalue weighted by molar-refractivity contribution is 9.10. The SMILES string of the molecule is CC(C)(C)CCNC1CCCOc2cc(Br)ccc21. The molecule has 0 radical (unpaired) electrons. The Bertz CT molecular complexity index is 425. The van der Waals surface area contributed by atoms with Crippen molar-refractivity contribution in [2.24, 2.45) is 5.41 Å². The molecule has 0 bridgehead atoms. The smallest absolute Gasteiger partial charge is 0.125 e. The highest BCUT2D eigenvalue weighted by atomic mass is 79.9. The molecule has 1 aliphatic rings. The number of fused-ring (bicyclic) bond motifs is 1. The minimum absolute atomic E-state index is 0.386. The Morgan fingerprint density at radius 2 is 2.16 bits per heavy atom. The van der Waals surface area contributed by atoms with Crippen molar-refractivity contribution in [2.45, 2.75) is 46.1 Å². The number of nitrogens with one attached hydrogen (secondary N) is 1. The minimum atomic E-state index is 0.386. The molecule has 1 unspecified atom stereocenters. The molecule has 0 saturated carbocycles. The molecule has 0 saturated heterocycles. The highest BCUT2D eigenvalue weighted by Gasteiger charge is 2.20. The van der Waals surface area contributed by atoms with Crippen LogP contribution in [0.4, 0.5) is 0 Å². The fourth-order valence-corrected chi connectivity index (χ4v) is 2.72. The summed E-state index contributed by atoms with van der Waals surface area (Å²) in [5.74, 6) is 1.03. The van der Waals surface area contributed by atoms with Crippen molar-refractivity contribution in [3.63, 3.8) is 0 Å². The Morgan fingerprint density at radius 1 is 1.37 bits per heavy atom. The molecule has 1 aromatic carbocycles. The van der Waals surface area contributed by atoms with Crippen LogP contribution in [-0.2, 0) is 0 Å². The fourth-order valence-electron chi connectivity index (χ4n) is 2.38. The monoisotopic (exact) mass is 325 g/mol. The minimum Gasteiger partial charge on any atom is -0.493 e. The molecule has 0 spiro atoms. The lowest BCUT2D eigenvalue weighted by Crippen LogP contribution is -2.25. The third-order valence-electron chi connectivity index (χ3n) is 3.51. The molecule has 0 fully saturated rings. The Balaban J connectivity index is 2.05. The molecule has 1 heterocycles. The molecule has 2 nitrogen and oxygen atoms in total. The first-order valence-electron chi connectivity index (χ1n) is 7.11. The highest BCUT2D eigenvalue weighted by Crippen LogP contribution is 2.33. The number of hydrogen-bond donors (Lipinski definition) is 1. The summed E-state index contributed by atoms with van der Waals surface area (Å²) in [5, 5.41) is 3.70. The maximum absolute atomic E-state index is 5.84. The summed E-state index contributed by atoms with van der Waals surface area (Å²) in [7, 11) is 0. The zero-order valence-electron chi connectivity index (χ0n) is 12.1. The molecular weight excluding hydrogens is 302 g/mol. The van der Waals surface area contributed by atoms with Gasteiger partial charge in [0.25, 0.3) is 0 Å². The van der Waals surface area contributed by atoms with E-state index >= 15 is 0 Å². The fraction of sp³-hybridized carbons (Fsp3) is 0.625. The summed E-state index contributed by atoms with van der Waals surface area (Å²) in [6.07, 6.45) is 3.45. The van der Waals surface area contributed by atoms with Crippen molar-refractivity contribution >= 4 is 15.9 Å². The van der Waals surface area contributed by atoms with Crippen molar-refractivity contribution < 1.29 is 4.74 Å². The van der Waals surface area contributed by atoms with Crippen LogP contribution in [0, 0.1) is 5.41 Å². The van der Waals surface area contributed by atoms with Crippen LogP contribution < -0.4 is 10.1 Å². The first-order chi connectivity index (χ1) is 8.96. The van der Waals surface area contributed by atoms with E-state index in [0.29, 0.717) is 11.5 Å². The van der Waals surface area contributed by atoms with Gasteiger partial charge >= 0.3 is 0 Å². The van der Waals surface area contributed by atoms with E-state index in [-0.39, 0.29) is 0 Å². The summed E-state index contributed by atoms with van der Waals surface area (Å²) in [5.41, 5.74) is 1.69. The van der Waals surface area contributed by atoms with Crippen molar-refractivity contribution in [3.8, 4) is 5.75 Å². The van der Waals surface area contributed by atoms with Gasteiger partial charge in [0.15, 0.2) is 0 Å². The summed E-state index contributed by atoms with van der Waals surface area (Å²) in [6, 6.07) is 6.79. The Labute approximate surface area is 125 Å². The average Bonchev–Trinajstić information content (AvgIpc) is 2.50. The average molecular weight is 326 g/mol. The standard InChI is InChI=1S/C16H24BrNO/c1-16(2,3)8-9-18-14-5-4-10-19-15-11-12(17)6-7-13(14)15/h6-7,11,14,18H,4-5,8-10H2,1-3H3. The predicted octanol–water partition coefficient (Wildman–Crippen LogP) is 4.69. The Kier molecular flexibility index (Phi) is 4.91. The van der Waals surface area contributed by atoms with Gasteiger partial charge in [-0.25, -0.2) is 0 Å². The van der Waals surface area contributed by atoms with E-state index in [1.165, 1.54) is 12.0 Å². The van der Waals surface area contributed by atoms with Gasteiger partial charge in [0.05, 0.1) is 6.61 Å². The topological polar surface area (TPSA) is 21.3 Å². The van der Waals surface area contributed by atoms with Crippen LogP contribution in [0.15, 0.2) is 22.7 Å². The lowest BCUT2D eigenvalue weighted by atomic mass is 9.92. The third kappa shape index (κ3) is 4.50. The second kappa shape index (κ2) is 6.27. The van der Waals surface area contributed by atoms with Gasteiger partial charge in [-0.05, 0) is 43.4 Å². The molecule has 1 atom stereocenters. The van der Waals surface area contributed by atoms with E-state index in [1.54, 1.807) is 0 Å². The quantitative estimate of drug-likeness (QED) is 0.870. The van der Waals surface area contributed by atoms with E-state index in [2.05, 4.69) is 60.2 Å². The first kappa shape index (κ1) is 14.9. The molecule has 1 aliphatic heterocycles. The van der Waals surface area contributed by atoms with E-state index < -0.39 is 0 Å². The third-order valence-corrected chi connectivity index (χ3v) is 4.00. The number of benzene rings is 1.